The third-order valence-corrected chi connectivity index (χ3v) is 5.69. The summed E-state index contributed by atoms with van der Waals surface area (Å²) in [4.78, 5) is 38.6. The number of carbonyl (C=O) groups is 2. The van der Waals surface area contributed by atoms with E-state index in [-0.39, 0.29) is 49.8 Å². The summed E-state index contributed by atoms with van der Waals surface area (Å²) in [5.74, 6) is -0.271. The molecule has 1 aliphatic heterocycles. The number of nitrogens with zero attached hydrogens (tertiary/aromatic N) is 3. The van der Waals surface area contributed by atoms with Gasteiger partial charge in [-0.1, -0.05) is 6.07 Å². The van der Waals surface area contributed by atoms with Crippen molar-refractivity contribution in [2.24, 2.45) is 0 Å². The van der Waals surface area contributed by atoms with Crippen LogP contribution in [-0.2, 0) is 6.18 Å². The second-order valence-corrected chi connectivity index (χ2v) is 8.19. The van der Waals surface area contributed by atoms with Crippen LogP contribution in [0.1, 0.15) is 28.8 Å². The monoisotopic (exact) mass is 477 g/mol. The molecule has 0 atom stereocenters. The zero-order valence-electron chi connectivity index (χ0n) is 18.0. The van der Waals surface area contributed by atoms with Gasteiger partial charge in [-0.15, -0.1) is 0 Å². The first-order chi connectivity index (χ1) is 16.1. The van der Waals surface area contributed by atoms with Gasteiger partial charge in [0.15, 0.2) is 0 Å². The van der Waals surface area contributed by atoms with E-state index in [2.05, 4.69) is 10.6 Å². The number of benzene rings is 2. The van der Waals surface area contributed by atoms with Crippen LogP contribution >= 0.6 is 0 Å². The third kappa shape index (κ3) is 5.38. The summed E-state index contributed by atoms with van der Waals surface area (Å²) in [7, 11) is 0. The fourth-order valence-corrected chi connectivity index (χ4v) is 3.76. The summed E-state index contributed by atoms with van der Waals surface area (Å²) >= 11 is 0. The molecule has 0 unspecified atom stereocenters. The number of urea groups is 1. The molecular weight excluding hydrogens is 455 g/mol. The zero-order chi connectivity index (χ0) is 24.5. The fourth-order valence-electron chi connectivity index (χ4n) is 3.76. The summed E-state index contributed by atoms with van der Waals surface area (Å²) in [6, 6.07) is 8.83. The van der Waals surface area contributed by atoms with E-state index in [0.717, 1.165) is 25.0 Å². The lowest BCUT2D eigenvalue weighted by molar-refractivity contribution is -0.384. The first kappa shape index (κ1) is 23.3. The van der Waals surface area contributed by atoms with Gasteiger partial charge in [-0.2, -0.15) is 13.2 Å². The van der Waals surface area contributed by atoms with Crippen molar-refractivity contribution in [3.05, 3.63) is 63.7 Å². The summed E-state index contributed by atoms with van der Waals surface area (Å²) in [6.07, 6.45) is -2.78. The summed E-state index contributed by atoms with van der Waals surface area (Å²) in [5.41, 5.74) is -0.784. The molecule has 3 amide bonds. The molecule has 1 heterocycles. The van der Waals surface area contributed by atoms with Crippen LogP contribution in [-0.4, -0.2) is 54.0 Å². The second-order valence-electron chi connectivity index (χ2n) is 8.19. The summed E-state index contributed by atoms with van der Waals surface area (Å²) in [6.45, 7) is 0.910. The number of nitrogens with one attached hydrogen (secondary N) is 2. The second kappa shape index (κ2) is 9.20. The van der Waals surface area contributed by atoms with Crippen LogP contribution in [0.2, 0.25) is 0 Å². The number of hydrogen-bond donors (Lipinski definition) is 2. The molecule has 0 aromatic heterocycles. The molecule has 1 saturated carbocycles. The number of nitro benzene ring substituents is 1. The minimum Gasteiger partial charge on any atom is -0.362 e. The molecule has 9 nitrogen and oxygen atoms in total. The van der Waals surface area contributed by atoms with Gasteiger partial charge in [0.25, 0.3) is 11.6 Å². The number of anilines is 2. The van der Waals surface area contributed by atoms with Crippen LogP contribution in [0.5, 0.6) is 0 Å². The smallest absolute Gasteiger partial charge is 0.362 e. The van der Waals surface area contributed by atoms with Crippen LogP contribution in [0.25, 0.3) is 0 Å². The number of hydrogen-bond acceptors (Lipinski definition) is 5. The van der Waals surface area contributed by atoms with E-state index in [1.165, 1.54) is 0 Å². The molecule has 2 aliphatic rings. The zero-order valence-corrected chi connectivity index (χ0v) is 18.0. The standard InChI is InChI=1S/C22H22F3N5O4/c23-22(24,25)15-4-7-18(19(13-15)30(33)34)28-8-10-29(11-9-28)20(31)14-2-1-3-17(12-14)27-21(32)26-16-5-6-16/h1-4,7,12-13,16H,5-6,8-11H2,(H2,26,27,32). The molecule has 0 spiro atoms. The van der Waals surface area contributed by atoms with Gasteiger partial charge in [-0.3, -0.25) is 14.9 Å². The van der Waals surface area contributed by atoms with Crippen molar-refractivity contribution in [3.63, 3.8) is 0 Å². The summed E-state index contributed by atoms with van der Waals surface area (Å²) in [5, 5.41) is 16.9. The molecule has 0 radical (unpaired) electrons. The molecule has 2 aromatic rings. The number of piperazine rings is 1. The highest BCUT2D eigenvalue weighted by molar-refractivity contribution is 5.97. The molecule has 0 bridgehead atoms. The molecule has 2 aromatic carbocycles. The van der Waals surface area contributed by atoms with Gasteiger partial charge in [-0.05, 0) is 43.2 Å². The van der Waals surface area contributed by atoms with Crippen LogP contribution in [0.3, 0.4) is 0 Å². The first-order valence-electron chi connectivity index (χ1n) is 10.7. The largest absolute Gasteiger partial charge is 0.416 e. The van der Waals surface area contributed by atoms with Crippen molar-refractivity contribution in [2.45, 2.75) is 25.1 Å². The van der Waals surface area contributed by atoms with Gasteiger partial charge in [0.1, 0.15) is 5.69 Å². The van der Waals surface area contributed by atoms with Gasteiger partial charge in [0.2, 0.25) is 0 Å². The minimum absolute atomic E-state index is 0.0815. The number of alkyl halides is 3. The summed E-state index contributed by atoms with van der Waals surface area (Å²) < 4.78 is 38.9. The van der Waals surface area contributed by atoms with Gasteiger partial charge in [-0.25, -0.2) is 4.79 Å². The number of carbonyl (C=O) groups excluding carboxylic acids is 2. The molecule has 4 rings (SSSR count). The fraction of sp³-hybridized carbons (Fsp3) is 0.364. The van der Waals surface area contributed by atoms with Crippen molar-refractivity contribution >= 4 is 29.0 Å². The maximum atomic E-state index is 13.0. The van der Waals surface area contributed by atoms with Crippen molar-refractivity contribution in [2.75, 3.05) is 36.4 Å². The van der Waals surface area contributed by atoms with Crippen molar-refractivity contribution in [1.29, 1.82) is 0 Å². The SMILES string of the molecule is O=C(Nc1cccc(C(=O)N2CCN(c3ccc(C(F)(F)F)cc3[N+](=O)[O-])CC2)c1)NC1CC1. The number of halogens is 3. The van der Waals surface area contributed by atoms with Crippen molar-refractivity contribution in [1.82, 2.24) is 10.2 Å². The highest BCUT2D eigenvalue weighted by Crippen LogP contribution is 2.36. The normalized spacial score (nSPS) is 16.2. The minimum atomic E-state index is -4.68. The van der Waals surface area contributed by atoms with E-state index < -0.39 is 22.4 Å². The van der Waals surface area contributed by atoms with Crippen molar-refractivity contribution in [3.8, 4) is 0 Å². The molecular formula is C22H22F3N5O4. The maximum absolute atomic E-state index is 13.0. The average Bonchev–Trinajstić information content (AvgIpc) is 3.61. The molecule has 2 fully saturated rings. The Hall–Kier alpha value is -3.83. The number of amides is 3. The van der Waals surface area contributed by atoms with E-state index in [1.54, 1.807) is 34.1 Å². The molecule has 34 heavy (non-hydrogen) atoms. The number of nitro groups is 1. The average molecular weight is 477 g/mol. The molecule has 1 aliphatic carbocycles. The van der Waals surface area contributed by atoms with Crippen LogP contribution in [0, 0.1) is 10.1 Å². The molecule has 2 N–H and O–H groups in total. The Morgan fingerprint density at radius 3 is 2.35 bits per heavy atom. The molecule has 12 heteroatoms. The Morgan fingerprint density at radius 1 is 1.03 bits per heavy atom. The topological polar surface area (TPSA) is 108 Å². The third-order valence-electron chi connectivity index (χ3n) is 5.69. The van der Waals surface area contributed by atoms with E-state index in [9.17, 15) is 32.9 Å². The van der Waals surface area contributed by atoms with E-state index in [0.29, 0.717) is 17.3 Å². The lowest BCUT2D eigenvalue weighted by Crippen LogP contribution is -2.49. The Balaban J connectivity index is 1.41. The Labute approximate surface area is 192 Å². The first-order valence-corrected chi connectivity index (χ1v) is 10.7. The van der Waals surface area contributed by atoms with Gasteiger partial charge in [0.05, 0.1) is 10.5 Å². The maximum Gasteiger partial charge on any atom is 0.416 e. The van der Waals surface area contributed by atoms with E-state index >= 15 is 0 Å². The van der Waals surface area contributed by atoms with Crippen LogP contribution in [0.15, 0.2) is 42.5 Å². The predicted octanol–water partition coefficient (Wildman–Crippen LogP) is 3.86. The van der Waals surface area contributed by atoms with Crippen molar-refractivity contribution < 1.29 is 27.7 Å². The molecule has 180 valence electrons. The number of rotatable bonds is 5. The highest BCUT2D eigenvalue weighted by Gasteiger charge is 2.34. The van der Waals surface area contributed by atoms with Gasteiger partial charge in [0, 0.05) is 49.5 Å². The quantitative estimate of drug-likeness (QED) is 0.502. The lowest BCUT2D eigenvalue weighted by atomic mass is 10.1. The Kier molecular flexibility index (Phi) is 6.31. The van der Waals surface area contributed by atoms with E-state index in [4.69, 9.17) is 0 Å². The Bertz CT molecular complexity index is 1110. The predicted molar refractivity (Wildman–Crippen MR) is 118 cm³/mol. The van der Waals surface area contributed by atoms with Crippen LogP contribution < -0.4 is 15.5 Å². The van der Waals surface area contributed by atoms with Crippen LogP contribution in [0.4, 0.5) is 35.0 Å². The highest BCUT2D eigenvalue weighted by atomic mass is 19.4. The Morgan fingerprint density at radius 2 is 1.74 bits per heavy atom. The lowest BCUT2D eigenvalue weighted by Gasteiger charge is -2.36. The van der Waals surface area contributed by atoms with Gasteiger partial charge < -0.3 is 20.4 Å². The molecule has 1 saturated heterocycles. The van der Waals surface area contributed by atoms with Gasteiger partial charge >= 0.3 is 12.2 Å². The van der Waals surface area contributed by atoms with E-state index in [1.807, 2.05) is 0 Å².